The molecule has 1 fully saturated rings. The minimum absolute atomic E-state index is 0.677. The molecular weight excluding hydrogens is 266 g/mol. The Kier molecular flexibility index (Phi) is 6.30. The van der Waals surface area contributed by atoms with Gasteiger partial charge in [0.25, 0.3) is 0 Å². The quantitative estimate of drug-likeness (QED) is 0.775. The Morgan fingerprint density at radius 2 is 2.00 bits per heavy atom. The number of nitrogens with one attached hydrogen (secondary N) is 1. The Morgan fingerprint density at radius 1 is 1.25 bits per heavy atom. The Bertz CT molecular complexity index is 394. The van der Waals surface area contributed by atoms with Gasteiger partial charge in [-0.2, -0.15) is 0 Å². The van der Waals surface area contributed by atoms with Crippen LogP contribution in [0.1, 0.15) is 57.0 Å². The van der Waals surface area contributed by atoms with Gasteiger partial charge >= 0.3 is 0 Å². The van der Waals surface area contributed by atoms with Crippen LogP contribution in [0.15, 0.2) is 0 Å². The van der Waals surface area contributed by atoms with Gasteiger partial charge in [-0.3, -0.25) is 0 Å². The Balaban J connectivity index is 2.08. The van der Waals surface area contributed by atoms with E-state index in [0.717, 1.165) is 19.5 Å². The number of thiazole rings is 1. The molecular formula is C16H29N3S. The topological polar surface area (TPSA) is 28.2 Å². The molecule has 1 aromatic rings. The molecule has 1 aliphatic rings. The second kappa shape index (κ2) is 7.99. The van der Waals surface area contributed by atoms with Gasteiger partial charge in [0.15, 0.2) is 5.13 Å². The predicted octanol–water partition coefficient (Wildman–Crippen LogP) is 3.83. The van der Waals surface area contributed by atoms with Crippen molar-refractivity contribution in [3.63, 3.8) is 0 Å². The van der Waals surface area contributed by atoms with Crippen LogP contribution in [0.4, 0.5) is 5.13 Å². The number of anilines is 1. The van der Waals surface area contributed by atoms with E-state index in [4.69, 9.17) is 4.98 Å². The van der Waals surface area contributed by atoms with E-state index in [1.165, 1.54) is 54.5 Å². The van der Waals surface area contributed by atoms with Crippen molar-refractivity contribution < 1.29 is 0 Å². The summed E-state index contributed by atoms with van der Waals surface area (Å²) in [6, 6.07) is 0. The van der Waals surface area contributed by atoms with Crippen LogP contribution >= 0.6 is 11.3 Å². The van der Waals surface area contributed by atoms with Crippen molar-refractivity contribution in [1.29, 1.82) is 0 Å². The molecule has 1 N–H and O–H groups in total. The fraction of sp³-hybridized carbons (Fsp3) is 0.812. The third-order valence-corrected chi connectivity index (χ3v) is 4.87. The maximum Gasteiger partial charge on any atom is 0.185 e. The largest absolute Gasteiger partial charge is 0.348 e. The first-order valence-corrected chi connectivity index (χ1v) is 8.96. The average molecular weight is 295 g/mol. The molecule has 0 atom stereocenters. The third kappa shape index (κ3) is 4.45. The average Bonchev–Trinajstić information content (AvgIpc) is 2.83. The monoisotopic (exact) mass is 295 g/mol. The second-order valence-electron chi connectivity index (χ2n) is 6.19. The summed E-state index contributed by atoms with van der Waals surface area (Å²) < 4.78 is 0. The molecule has 0 unspecified atom stereocenters. The van der Waals surface area contributed by atoms with Gasteiger partial charge in [-0.15, -0.1) is 11.3 Å². The van der Waals surface area contributed by atoms with E-state index >= 15 is 0 Å². The van der Waals surface area contributed by atoms with Crippen LogP contribution in [0.25, 0.3) is 0 Å². The molecule has 1 saturated heterocycles. The van der Waals surface area contributed by atoms with Crippen LogP contribution in [0, 0.1) is 5.92 Å². The van der Waals surface area contributed by atoms with E-state index in [1.807, 2.05) is 11.3 Å². The molecule has 0 amide bonds. The molecule has 2 heterocycles. The summed E-state index contributed by atoms with van der Waals surface area (Å²) in [6.07, 6.45) is 6.32. The first kappa shape index (κ1) is 15.8. The summed E-state index contributed by atoms with van der Waals surface area (Å²) in [5, 5.41) is 4.79. The normalized spacial score (nSPS) is 16.1. The van der Waals surface area contributed by atoms with Crippen LogP contribution in [-0.2, 0) is 13.0 Å². The van der Waals surface area contributed by atoms with E-state index in [-0.39, 0.29) is 0 Å². The predicted molar refractivity (Wildman–Crippen MR) is 88.7 cm³/mol. The first-order valence-electron chi connectivity index (χ1n) is 8.15. The highest BCUT2D eigenvalue weighted by molar-refractivity contribution is 7.15. The van der Waals surface area contributed by atoms with Crippen LogP contribution in [0.3, 0.4) is 0 Å². The lowest BCUT2D eigenvalue weighted by molar-refractivity contribution is 0.574. The number of hydrogen-bond donors (Lipinski definition) is 1. The van der Waals surface area contributed by atoms with Crippen molar-refractivity contribution >= 4 is 16.5 Å². The Morgan fingerprint density at radius 3 is 2.65 bits per heavy atom. The zero-order chi connectivity index (χ0) is 14.4. The first-order chi connectivity index (χ1) is 9.70. The summed E-state index contributed by atoms with van der Waals surface area (Å²) in [4.78, 5) is 8.90. The molecule has 0 bridgehead atoms. The molecule has 0 radical (unpaired) electrons. The van der Waals surface area contributed by atoms with Crippen molar-refractivity contribution in [2.24, 2.45) is 5.92 Å². The number of nitrogens with zero attached hydrogens (tertiary/aromatic N) is 2. The highest BCUT2D eigenvalue weighted by Gasteiger charge is 2.18. The molecule has 1 aromatic heterocycles. The lowest BCUT2D eigenvalue weighted by atomic mass is 10.1. The molecule has 0 aliphatic carbocycles. The summed E-state index contributed by atoms with van der Waals surface area (Å²) in [6.45, 7) is 11.2. The SMILES string of the molecule is CCCNCc1sc(N2CCCCC2)nc1CC(C)C. The van der Waals surface area contributed by atoms with Gasteiger partial charge in [0.2, 0.25) is 0 Å². The van der Waals surface area contributed by atoms with Crippen LogP contribution in [0.5, 0.6) is 0 Å². The highest BCUT2D eigenvalue weighted by Crippen LogP contribution is 2.29. The van der Waals surface area contributed by atoms with Crippen LogP contribution in [-0.4, -0.2) is 24.6 Å². The van der Waals surface area contributed by atoms with Gasteiger partial charge in [0.1, 0.15) is 0 Å². The third-order valence-electron chi connectivity index (χ3n) is 3.71. The van der Waals surface area contributed by atoms with Gasteiger partial charge in [-0.25, -0.2) is 4.98 Å². The van der Waals surface area contributed by atoms with Crippen molar-refractivity contribution in [3.05, 3.63) is 10.6 Å². The van der Waals surface area contributed by atoms with E-state index in [2.05, 4.69) is 31.0 Å². The van der Waals surface area contributed by atoms with Gasteiger partial charge in [0, 0.05) is 24.5 Å². The van der Waals surface area contributed by atoms with Crippen LogP contribution in [0.2, 0.25) is 0 Å². The molecule has 0 saturated carbocycles. The van der Waals surface area contributed by atoms with Crippen LogP contribution < -0.4 is 10.2 Å². The maximum atomic E-state index is 4.96. The summed E-state index contributed by atoms with van der Waals surface area (Å²) in [7, 11) is 0. The van der Waals surface area contributed by atoms with Crippen molar-refractivity contribution in [1.82, 2.24) is 10.3 Å². The molecule has 2 rings (SSSR count). The number of rotatable bonds is 7. The molecule has 114 valence electrons. The molecule has 1 aliphatic heterocycles. The van der Waals surface area contributed by atoms with E-state index in [9.17, 15) is 0 Å². The number of hydrogen-bond acceptors (Lipinski definition) is 4. The molecule has 20 heavy (non-hydrogen) atoms. The number of aromatic nitrogens is 1. The van der Waals surface area contributed by atoms with Crippen molar-refractivity contribution in [2.45, 2.75) is 59.4 Å². The summed E-state index contributed by atoms with van der Waals surface area (Å²) in [5.74, 6) is 0.677. The maximum absolute atomic E-state index is 4.96. The highest BCUT2D eigenvalue weighted by atomic mass is 32.1. The smallest absolute Gasteiger partial charge is 0.185 e. The second-order valence-corrected chi connectivity index (χ2v) is 7.25. The minimum atomic E-state index is 0.677. The van der Waals surface area contributed by atoms with Gasteiger partial charge in [-0.05, 0) is 44.6 Å². The lowest BCUT2D eigenvalue weighted by Crippen LogP contribution is -2.29. The molecule has 4 heteroatoms. The van der Waals surface area contributed by atoms with Gasteiger partial charge in [0.05, 0.1) is 5.69 Å². The van der Waals surface area contributed by atoms with E-state index in [0.29, 0.717) is 5.92 Å². The molecule has 0 spiro atoms. The summed E-state index contributed by atoms with van der Waals surface area (Å²) >= 11 is 1.91. The number of piperidine rings is 1. The molecule has 3 nitrogen and oxygen atoms in total. The Labute approximate surface area is 127 Å². The zero-order valence-corrected chi connectivity index (χ0v) is 14.1. The van der Waals surface area contributed by atoms with Crippen molar-refractivity contribution in [2.75, 3.05) is 24.5 Å². The Hall–Kier alpha value is -0.610. The fourth-order valence-corrected chi connectivity index (χ4v) is 3.76. The van der Waals surface area contributed by atoms with Crippen molar-refractivity contribution in [3.8, 4) is 0 Å². The van der Waals surface area contributed by atoms with E-state index in [1.54, 1.807) is 0 Å². The zero-order valence-electron chi connectivity index (χ0n) is 13.2. The lowest BCUT2D eigenvalue weighted by Gasteiger charge is -2.25. The summed E-state index contributed by atoms with van der Waals surface area (Å²) in [5.41, 5.74) is 1.33. The standard InChI is InChI=1S/C16H29N3S/c1-4-8-17-12-15-14(11-13(2)3)18-16(20-15)19-9-6-5-7-10-19/h13,17H,4-12H2,1-3H3. The minimum Gasteiger partial charge on any atom is -0.348 e. The van der Waals surface area contributed by atoms with E-state index < -0.39 is 0 Å². The van der Waals surface area contributed by atoms with Gasteiger partial charge in [-0.1, -0.05) is 20.8 Å². The fourth-order valence-electron chi connectivity index (χ4n) is 2.65. The molecule has 0 aromatic carbocycles. The van der Waals surface area contributed by atoms with Gasteiger partial charge < -0.3 is 10.2 Å².